The quantitative estimate of drug-likeness (QED) is 0.289. The van der Waals surface area contributed by atoms with E-state index in [4.69, 9.17) is 28.2 Å². The minimum absolute atomic E-state index is 0.0498. The van der Waals surface area contributed by atoms with Gasteiger partial charge in [-0.15, -0.1) is 0 Å². The van der Waals surface area contributed by atoms with Crippen LogP contribution in [0.25, 0.3) is 11.1 Å². The van der Waals surface area contributed by atoms with E-state index in [1.807, 2.05) is 36.9 Å². The lowest BCUT2D eigenvalue weighted by atomic mass is 9.96. The minimum atomic E-state index is 0.0498. The summed E-state index contributed by atoms with van der Waals surface area (Å²) in [4.78, 5) is 15.5. The maximum atomic E-state index is 13.6. The third-order valence-corrected chi connectivity index (χ3v) is 8.04. The fraction of sp³-hybridized carbons (Fsp3) is 0.371. The van der Waals surface area contributed by atoms with Crippen LogP contribution in [0.15, 0.2) is 59.1 Å². The van der Waals surface area contributed by atoms with E-state index in [1.165, 1.54) is 0 Å². The molecule has 0 fully saturated rings. The molecule has 3 heterocycles. The molecule has 1 amide bonds. The Morgan fingerprint density at radius 1 is 0.886 bits per heavy atom. The number of hydrogen-bond acceptors (Lipinski definition) is 8. The van der Waals surface area contributed by atoms with Crippen molar-refractivity contribution in [3.8, 4) is 34.1 Å². The first-order valence-electron chi connectivity index (χ1n) is 15.1. The predicted molar refractivity (Wildman–Crippen MR) is 165 cm³/mol. The summed E-state index contributed by atoms with van der Waals surface area (Å²) >= 11 is 0. The van der Waals surface area contributed by atoms with Crippen molar-refractivity contribution in [2.75, 3.05) is 46.7 Å². The Bertz CT molecular complexity index is 1610. The lowest BCUT2D eigenvalue weighted by Crippen LogP contribution is -2.34. The average Bonchev–Trinajstić information content (AvgIpc) is 3.37. The number of fused-ring (bicyclic) bond motifs is 4. The number of benzene rings is 3. The van der Waals surface area contributed by atoms with Crippen molar-refractivity contribution in [2.45, 2.75) is 39.7 Å². The number of ether oxygens (including phenoxy) is 5. The van der Waals surface area contributed by atoms with Gasteiger partial charge in [0.15, 0.2) is 11.5 Å². The lowest BCUT2D eigenvalue weighted by Gasteiger charge is -2.24. The highest BCUT2D eigenvalue weighted by molar-refractivity contribution is 5.76. The van der Waals surface area contributed by atoms with E-state index in [1.54, 1.807) is 7.11 Å². The predicted octanol–water partition coefficient (Wildman–Crippen LogP) is 5.70. The third-order valence-electron chi connectivity index (χ3n) is 8.04. The molecule has 0 aliphatic carbocycles. The Balaban J connectivity index is 1.21. The van der Waals surface area contributed by atoms with Crippen LogP contribution in [0.4, 0.5) is 0 Å². The van der Waals surface area contributed by atoms with E-state index < -0.39 is 0 Å². The highest BCUT2D eigenvalue weighted by Gasteiger charge is 2.20. The lowest BCUT2D eigenvalue weighted by molar-refractivity contribution is -0.132. The summed E-state index contributed by atoms with van der Waals surface area (Å²) in [6.07, 6.45) is 1.53. The van der Waals surface area contributed by atoms with Crippen molar-refractivity contribution in [1.82, 2.24) is 10.1 Å². The van der Waals surface area contributed by atoms with E-state index in [0.717, 1.165) is 50.6 Å². The number of hydrogen-bond donors (Lipinski definition) is 0. The Hall–Kier alpha value is -4.50. The summed E-state index contributed by atoms with van der Waals surface area (Å²) in [6, 6.07) is 18.4. The zero-order chi connectivity index (χ0) is 30.5. The van der Waals surface area contributed by atoms with Crippen LogP contribution in [0.3, 0.4) is 0 Å². The zero-order valence-electron chi connectivity index (χ0n) is 25.5. The zero-order valence-corrected chi connectivity index (χ0v) is 25.5. The molecule has 0 saturated carbocycles. The maximum Gasteiger partial charge on any atom is 0.223 e. The van der Waals surface area contributed by atoms with Crippen molar-refractivity contribution in [3.05, 3.63) is 88.3 Å². The van der Waals surface area contributed by atoms with Gasteiger partial charge in [-0.3, -0.25) is 4.79 Å². The van der Waals surface area contributed by atoms with Crippen molar-refractivity contribution in [3.63, 3.8) is 0 Å². The molecule has 9 nitrogen and oxygen atoms in total. The van der Waals surface area contributed by atoms with E-state index in [9.17, 15) is 4.79 Å². The number of carbonyl (C=O) groups excluding carboxylic acids is 1. The molecule has 6 rings (SSSR count). The second kappa shape index (κ2) is 13.4. The van der Waals surface area contributed by atoms with Gasteiger partial charge >= 0.3 is 0 Å². The van der Waals surface area contributed by atoms with Crippen LogP contribution in [-0.4, -0.2) is 62.7 Å². The minimum Gasteiger partial charge on any atom is -0.496 e. The molecule has 1 aromatic heterocycles. The van der Waals surface area contributed by atoms with Crippen LogP contribution >= 0.6 is 0 Å². The molecular weight excluding hydrogens is 560 g/mol. The van der Waals surface area contributed by atoms with Crippen LogP contribution in [0, 0.1) is 13.8 Å². The molecule has 3 aromatic carbocycles. The highest BCUT2D eigenvalue weighted by atomic mass is 16.6. The van der Waals surface area contributed by atoms with Crippen LogP contribution in [0.2, 0.25) is 0 Å². The third kappa shape index (κ3) is 6.68. The van der Waals surface area contributed by atoms with Crippen LogP contribution in [0.1, 0.15) is 40.1 Å². The highest BCUT2D eigenvalue weighted by Crippen LogP contribution is 2.37. The average molecular weight is 599 g/mol. The summed E-state index contributed by atoms with van der Waals surface area (Å²) in [6.45, 7) is 7.13. The Labute approximate surface area is 257 Å². The molecule has 0 unspecified atom stereocenters. The number of aryl methyl sites for hydroxylation is 3. The second-order valence-electron chi connectivity index (χ2n) is 11.1. The molecule has 9 heteroatoms. The molecule has 2 aliphatic rings. The molecular formula is C35H38N2O7. The largest absolute Gasteiger partial charge is 0.496 e. The normalized spacial score (nSPS) is 15.1. The van der Waals surface area contributed by atoms with Crippen molar-refractivity contribution < 1.29 is 33.0 Å². The van der Waals surface area contributed by atoms with E-state index in [-0.39, 0.29) is 5.91 Å². The number of rotatable bonds is 5. The number of amides is 1. The van der Waals surface area contributed by atoms with E-state index >= 15 is 0 Å². The molecule has 2 aliphatic heterocycles. The van der Waals surface area contributed by atoms with Crippen molar-refractivity contribution >= 4 is 5.91 Å². The van der Waals surface area contributed by atoms with Gasteiger partial charge in [0.2, 0.25) is 5.91 Å². The van der Waals surface area contributed by atoms with Gasteiger partial charge in [0.1, 0.15) is 37.1 Å². The van der Waals surface area contributed by atoms with Gasteiger partial charge in [-0.2, -0.15) is 0 Å². The van der Waals surface area contributed by atoms with Gasteiger partial charge in [-0.05, 0) is 66.3 Å². The molecule has 44 heavy (non-hydrogen) atoms. The van der Waals surface area contributed by atoms with Gasteiger partial charge in [0.05, 0.1) is 26.0 Å². The molecule has 0 saturated heterocycles. The molecule has 230 valence electrons. The molecule has 4 aromatic rings. The van der Waals surface area contributed by atoms with E-state index in [0.29, 0.717) is 82.6 Å². The first-order valence-corrected chi connectivity index (χ1v) is 15.1. The van der Waals surface area contributed by atoms with Gasteiger partial charge < -0.3 is 33.1 Å². The van der Waals surface area contributed by atoms with Crippen LogP contribution in [-0.2, 0) is 28.9 Å². The summed E-state index contributed by atoms with van der Waals surface area (Å²) in [5.74, 6) is 3.72. The second-order valence-corrected chi connectivity index (χ2v) is 11.1. The fourth-order valence-electron chi connectivity index (χ4n) is 5.86. The first-order chi connectivity index (χ1) is 21.5. The Morgan fingerprint density at radius 2 is 1.66 bits per heavy atom. The number of methoxy groups -OCH3 is 1. The van der Waals surface area contributed by atoms with Crippen LogP contribution in [0.5, 0.6) is 23.0 Å². The van der Waals surface area contributed by atoms with Gasteiger partial charge in [0, 0.05) is 37.6 Å². The van der Waals surface area contributed by atoms with Crippen molar-refractivity contribution in [2.24, 2.45) is 0 Å². The van der Waals surface area contributed by atoms with Crippen molar-refractivity contribution in [1.29, 1.82) is 0 Å². The number of aromatic nitrogens is 1. The number of nitrogens with zero attached hydrogens (tertiary/aromatic N) is 2. The summed E-state index contributed by atoms with van der Waals surface area (Å²) in [5.41, 5.74) is 7.10. The van der Waals surface area contributed by atoms with Gasteiger partial charge in [0.25, 0.3) is 0 Å². The molecule has 0 radical (unpaired) electrons. The Morgan fingerprint density at radius 3 is 2.45 bits per heavy atom. The Kier molecular flexibility index (Phi) is 9.02. The summed E-state index contributed by atoms with van der Waals surface area (Å²) in [7, 11) is 1.63. The monoisotopic (exact) mass is 598 g/mol. The molecule has 0 N–H and O–H groups in total. The first kappa shape index (κ1) is 29.6. The topological polar surface area (TPSA) is 92.5 Å². The molecule has 0 atom stereocenters. The number of carbonyl (C=O) groups is 1. The SMILES string of the molecule is COc1cc2c(cc1CCC(=O)N1CCOCCOc3ccc(-c4c(C)noc4C)cc3Cc3cccc(c3)C1)OCCO2. The summed E-state index contributed by atoms with van der Waals surface area (Å²) in [5, 5.41) is 4.13. The maximum absolute atomic E-state index is 13.6. The van der Waals surface area contributed by atoms with E-state index in [2.05, 4.69) is 41.6 Å². The fourth-order valence-corrected chi connectivity index (χ4v) is 5.86. The standard InChI is InChI=1S/C35H38N2O7/c1-23-35(24(2)44-36-23)28-7-9-30-29(19-28)18-25-5-4-6-26(17-25)22-37(11-12-40-13-14-41-30)34(38)10-8-27-20-32-33(21-31(27)39-3)43-16-15-42-32/h4-7,9,17,19-21H,8,10-16,18,22H2,1-3H3. The smallest absolute Gasteiger partial charge is 0.223 e. The van der Waals surface area contributed by atoms with Gasteiger partial charge in [-0.25, -0.2) is 0 Å². The summed E-state index contributed by atoms with van der Waals surface area (Å²) < 4.78 is 34.6. The molecule has 2 bridgehead atoms. The van der Waals surface area contributed by atoms with Gasteiger partial charge in [-0.1, -0.05) is 35.5 Å². The van der Waals surface area contributed by atoms with Crippen LogP contribution < -0.4 is 18.9 Å². The molecule has 0 spiro atoms.